The third-order valence-electron chi connectivity index (χ3n) is 14.7. The van der Waals surface area contributed by atoms with Crippen LogP contribution >= 0.6 is 7.82 Å². The Kier molecular flexibility index (Phi) is 56.7. The van der Waals surface area contributed by atoms with Crippen molar-refractivity contribution in [1.82, 2.24) is 5.32 Å². The van der Waals surface area contributed by atoms with Crippen LogP contribution in [0, 0.1) is 0 Å². The minimum Gasteiger partial charge on any atom is -0.456 e. The number of carbonyl (C=O) groups excluding carboxylic acids is 2. The summed E-state index contributed by atoms with van der Waals surface area (Å²) < 4.78 is 30.8. The molecule has 0 spiro atoms. The van der Waals surface area contributed by atoms with Gasteiger partial charge >= 0.3 is 13.8 Å². The van der Waals surface area contributed by atoms with Crippen LogP contribution in [0.2, 0.25) is 0 Å². The second kappa shape index (κ2) is 58.6. The van der Waals surface area contributed by atoms with Crippen molar-refractivity contribution in [3.05, 3.63) is 72.9 Å². The number of hydrogen-bond acceptors (Lipinski definition) is 6. The molecule has 2 N–H and O–H groups in total. The molecular weight excluding hydrogens is 1000 g/mol. The van der Waals surface area contributed by atoms with E-state index in [9.17, 15) is 19.0 Å². The largest absolute Gasteiger partial charge is 0.472 e. The number of nitrogens with one attached hydrogen (secondary N) is 1. The monoisotopic (exact) mass is 1130 g/mol. The molecule has 0 radical (unpaired) electrons. The Labute approximate surface area is 489 Å². The van der Waals surface area contributed by atoms with Crippen molar-refractivity contribution in [3.63, 3.8) is 0 Å². The minimum atomic E-state index is -4.46. The molecule has 3 atom stereocenters. The molecule has 0 aliphatic rings. The Hall–Kier alpha value is -2.55. The summed E-state index contributed by atoms with van der Waals surface area (Å²) in [5.41, 5.74) is 0. The van der Waals surface area contributed by atoms with Gasteiger partial charge in [-0.15, -0.1) is 0 Å². The van der Waals surface area contributed by atoms with Gasteiger partial charge in [-0.2, -0.15) is 0 Å². The first-order valence-electron chi connectivity index (χ1n) is 33.3. The number of carbonyl (C=O) groups is 2. The summed E-state index contributed by atoms with van der Waals surface area (Å²) >= 11 is 0. The number of allylic oxidation sites excluding steroid dienone is 11. The lowest BCUT2D eigenvalue weighted by molar-refractivity contribution is -0.870. The highest BCUT2D eigenvalue weighted by atomic mass is 31.2. The van der Waals surface area contributed by atoms with E-state index in [4.69, 9.17) is 13.8 Å². The summed E-state index contributed by atoms with van der Waals surface area (Å²) in [7, 11) is 1.48. The smallest absolute Gasteiger partial charge is 0.456 e. The van der Waals surface area contributed by atoms with Crippen LogP contribution in [0.4, 0.5) is 0 Å². The molecule has 0 rings (SSSR count). The number of unbranched alkanes of at least 4 members (excludes halogenated alkanes) is 34. The molecule has 0 fully saturated rings. The van der Waals surface area contributed by atoms with Crippen LogP contribution < -0.4 is 5.32 Å². The fraction of sp³-hybridized carbons (Fsp3) is 0.797. The molecule has 460 valence electrons. The van der Waals surface area contributed by atoms with Gasteiger partial charge in [-0.05, 0) is 76.7 Å². The van der Waals surface area contributed by atoms with E-state index in [0.717, 1.165) is 89.9 Å². The first-order valence-corrected chi connectivity index (χ1v) is 34.8. The molecule has 3 unspecified atom stereocenters. The second-order valence-electron chi connectivity index (χ2n) is 23.6. The van der Waals surface area contributed by atoms with Crippen molar-refractivity contribution in [1.29, 1.82) is 0 Å². The van der Waals surface area contributed by atoms with Crippen LogP contribution in [-0.2, 0) is 27.9 Å². The topological polar surface area (TPSA) is 111 Å². The van der Waals surface area contributed by atoms with Crippen molar-refractivity contribution in [3.8, 4) is 0 Å². The first-order chi connectivity index (χ1) is 38.4. The number of ether oxygens (including phenoxy) is 1. The summed E-state index contributed by atoms with van der Waals surface area (Å²) in [6.45, 7) is 6.91. The van der Waals surface area contributed by atoms with E-state index in [1.165, 1.54) is 173 Å². The molecule has 9 nitrogen and oxygen atoms in total. The number of phosphoric acid groups is 1. The highest BCUT2D eigenvalue weighted by molar-refractivity contribution is 7.47. The van der Waals surface area contributed by atoms with E-state index >= 15 is 0 Å². The van der Waals surface area contributed by atoms with Crippen molar-refractivity contribution in [2.24, 2.45) is 0 Å². The van der Waals surface area contributed by atoms with Gasteiger partial charge in [-0.25, -0.2) is 4.57 Å². The number of rotatable bonds is 60. The quantitative estimate of drug-likeness (QED) is 0.0205. The number of quaternary nitrogens is 1. The van der Waals surface area contributed by atoms with E-state index in [1.54, 1.807) is 0 Å². The van der Waals surface area contributed by atoms with Gasteiger partial charge in [0, 0.05) is 12.8 Å². The van der Waals surface area contributed by atoms with Gasteiger partial charge in [0.25, 0.3) is 0 Å². The van der Waals surface area contributed by atoms with E-state index in [2.05, 4.69) is 86.8 Å². The molecule has 0 aromatic heterocycles. The van der Waals surface area contributed by atoms with Gasteiger partial charge in [0.2, 0.25) is 5.91 Å². The lowest BCUT2D eigenvalue weighted by Crippen LogP contribution is -2.47. The van der Waals surface area contributed by atoms with E-state index in [0.29, 0.717) is 23.9 Å². The van der Waals surface area contributed by atoms with Crippen molar-refractivity contribution in [2.45, 2.75) is 315 Å². The lowest BCUT2D eigenvalue weighted by atomic mass is 10.0. The zero-order valence-corrected chi connectivity index (χ0v) is 53.5. The zero-order chi connectivity index (χ0) is 57.9. The Bertz CT molecular complexity index is 1580. The number of amides is 1. The second-order valence-corrected chi connectivity index (χ2v) is 25.1. The molecule has 0 saturated heterocycles. The first kappa shape index (κ1) is 76.5. The number of hydrogen-bond donors (Lipinski definition) is 2. The molecule has 0 aliphatic heterocycles. The van der Waals surface area contributed by atoms with Crippen LogP contribution in [0.1, 0.15) is 303 Å². The zero-order valence-electron chi connectivity index (χ0n) is 52.6. The fourth-order valence-corrected chi connectivity index (χ4v) is 10.3. The maximum atomic E-state index is 13.6. The highest BCUT2D eigenvalue weighted by Gasteiger charge is 2.30. The molecule has 1 amide bonds. The lowest BCUT2D eigenvalue weighted by Gasteiger charge is -2.27. The summed E-state index contributed by atoms with van der Waals surface area (Å²) in [6, 6.07) is -0.863. The van der Waals surface area contributed by atoms with Gasteiger partial charge in [0.1, 0.15) is 19.3 Å². The SMILES string of the molecule is CC/C=C\C/C=C\C/C=C\C/C=C\C/C=C\CCCCCC(=O)OC(/C=C/CCCCCCCCCCCCC)C(COP(=O)(O)OCC[N+](C)(C)C)NC(=O)CCCCCCCCCCCCCCCCCCCCCCC. The van der Waals surface area contributed by atoms with Crippen LogP contribution in [-0.4, -0.2) is 74.3 Å². The Morgan fingerprint density at radius 3 is 1.23 bits per heavy atom. The molecule has 0 aromatic rings. The average molecular weight is 1130 g/mol. The van der Waals surface area contributed by atoms with E-state index in [-0.39, 0.29) is 31.5 Å². The van der Waals surface area contributed by atoms with Gasteiger partial charge in [-0.3, -0.25) is 18.6 Å². The molecule has 0 saturated carbocycles. The average Bonchev–Trinajstić information content (AvgIpc) is 3.41. The Morgan fingerprint density at radius 2 is 0.810 bits per heavy atom. The van der Waals surface area contributed by atoms with Crippen LogP contribution in [0.3, 0.4) is 0 Å². The number of likely N-dealkylation sites (N-methyl/N-ethyl adjacent to an activating group) is 1. The van der Waals surface area contributed by atoms with Crippen molar-refractivity contribution in [2.75, 3.05) is 40.9 Å². The summed E-state index contributed by atoms with van der Waals surface area (Å²) in [4.78, 5) is 37.8. The maximum Gasteiger partial charge on any atom is 0.472 e. The predicted molar refractivity (Wildman–Crippen MR) is 341 cm³/mol. The van der Waals surface area contributed by atoms with Crippen LogP contribution in [0.15, 0.2) is 72.9 Å². The molecule has 0 aliphatic carbocycles. The standard InChI is InChI=1S/C69H127N2O7P/c1-7-10-13-16-19-22-25-28-30-32-34-35-37-38-40-43-46-49-52-55-58-61-68(72)70-66(65-77-79(74,75)76-64-63-71(4,5)6)67(60-57-54-51-48-45-42-27-24-21-18-15-12-9-3)78-69(73)62-59-56-53-50-47-44-41-39-36-33-31-29-26-23-20-17-14-11-8-2/h11,14,20,23,29,31,36,39,44,47,57,60,66-67H,7-10,12-13,15-19,21-22,24-28,30,32-35,37-38,40-43,45-46,48-56,58-59,61-65H2,1-6H3,(H-,70,72,74,75)/p+1/b14-11-,23-20-,31-29-,39-36-,47-44-,60-57+. The summed E-state index contributed by atoms with van der Waals surface area (Å²) in [5.74, 6) is -0.533. The van der Waals surface area contributed by atoms with Gasteiger partial charge < -0.3 is 19.4 Å². The molecule has 0 bridgehead atoms. The predicted octanol–water partition coefficient (Wildman–Crippen LogP) is 20.8. The Balaban J connectivity index is 5.24. The molecule has 10 heteroatoms. The normalized spacial score (nSPS) is 14.1. The minimum absolute atomic E-state index is 0.0339. The van der Waals surface area contributed by atoms with Gasteiger partial charge in [0.05, 0.1) is 33.8 Å². The van der Waals surface area contributed by atoms with Crippen molar-refractivity contribution >= 4 is 19.7 Å². The number of nitrogens with zero attached hydrogens (tertiary/aromatic N) is 1. The van der Waals surface area contributed by atoms with E-state index < -0.39 is 20.0 Å². The number of esters is 1. The highest BCUT2D eigenvalue weighted by Crippen LogP contribution is 2.43. The van der Waals surface area contributed by atoms with E-state index in [1.807, 2.05) is 33.3 Å². The Morgan fingerprint density at radius 1 is 0.456 bits per heavy atom. The molecular formula is C69H128N2O7P+. The molecule has 79 heavy (non-hydrogen) atoms. The summed E-state index contributed by atoms with van der Waals surface area (Å²) in [5, 5.41) is 3.06. The van der Waals surface area contributed by atoms with Crippen LogP contribution in [0.25, 0.3) is 0 Å². The van der Waals surface area contributed by atoms with Crippen molar-refractivity contribution < 1.29 is 37.3 Å². The third-order valence-corrected chi connectivity index (χ3v) is 15.6. The van der Waals surface area contributed by atoms with Gasteiger partial charge in [-0.1, -0.05) is 287 Å². The summed E-state index contributed by atoms with van der Waals surface area (Å²) in [6.07, 6.45) is 76.2. The maximum absolute atomic E-state index is 13.6. The molecule has 0 aromatic carbocycles. The fourth-order valence-electron chi connectivity index (χ4n) is 9.56. The molecule has 0 heterocycles. The third kappa shape index (κ3) is 59.9. The van der Waals surface area contributed by atoms with Crippen LogP contribution in [0.5, 0.6) is 0 Å². The number of phosphoric ester groups is 1. The van der Waals surface area contributed by atoms with Gasteiger partial charge in [0.15, 0.2) is 0 Å².